The van der Waals surface area contributed by atoms with Crippen molar-refractivity contribution in [1.82, 2.24) is 10.2 Å². The van der Waals surface area contributed by atoms with Crippen molar-refractivity contribution in [1.29, 1.82) is 0 Å². The molecule has 0 bridgehead atoms. The molecule has 0 aromatic heterocycles. The molecule has 10 heavy (non-hydrogen) atoms. The molecule has 0 saturated heterocycles. The highest BCUT2D eigenvalue weighted by Gasteiger charge is 2.04. The van der Waals surface area contributed by atoms with Gasteiger partial charge in [-0.25, -0.2) is 4.79 Å². The Hall–Kier alpha value is -0.770. The summed E-state index contributed by atoms with van der Waals surface area (Å²) < 4.78 is 4.47. The van der Waals surface area contributed by atoms with Crippen LogP contribution in [0.4, 0.5) is 4.79 Å². The Bertz CT molecular complexity index is 106. The second-order valence-electron chi connectivity index (χ2n) is 2.00. The van der Waals surface area contributed by atoms with Gasteiger partial charge in [-0.3, -0.25) is 0 Å². The minimum absolute atomic E-state index is 0.296. The third-order valence-electron chi connectivity index (χ3n) is 1.18. The van der Waals surface area contributed by atoms with E-state index in [4.69, 9.17) is 0 Å². The predicted octanol–water partition coefficient (Wildman–Crippen LogP) is -0.0960. The molecular weight excluding hydrogens is 132 g/mol. The van der Waals surface area contributed by atoms with E-state index in [2.05, 4.69) is 10.1 Å². The number of hydrogen-bond acceptors (Lipinski definition) is 3. The van der Waals surface area contributed by atoms with Crippen LogP contribution < -0.4 is 5.32 Å². The third kappa shape index (κ3) is 3.29. The Morgan fingerprint density at radius 1 is 1.70 bits per heavy atom. The molecule has 0 fully saturated rings. The van der Waals surface area contributed by atoms with Crippen LogP contribution in [0.3, 0.4) is 0 Å². The summed E-state index contributed by atoms with van der Waals surface area (Å²) in [6.45, 7) is 1.45. The van der Waals surface area contributed by atoms with E-state index in [1.807, 2.05) is 7.05 Å². The second kappa shape index (κ2) is 5.05. The first-order valence-electron chi connectivity index (χ1n) is 3.16. The Kier molecular flexibility index (Phi) is 4.66. The fraction of sp³-hybridized carbons (Fsp3) is 0.833. The Morgan fingerprint density at radius 2 is 2.30 bits per heavy atom. The van der Waals surface area contributed by atoms with E-state index in [0.29, 0.717) is 6.54 Å². The quantitative estimate of drug-likeness (QED) is 0.604. The van der Waals surface area contributed by atoms with Gasteiger partial charge in [-0.2, -0.15) is 0 Å². The lowest BCUT2D eigenvalue weighted by molar-refractivity contribution is 0.134. The van der Waals surface area contributed by atoms with Crippen LogP contribution in [-0.4, -0.2) is 45.3 Å². The number of likely N-dealkylation sites (N-methyl/N-ethyl adjacent to an activating group) is 2. The average molecular weight is 146 g/mol. The number of amides is 1. The van der Waals surface area contributed by atoms with E-state index in [-0.39, 0.29) is 6.09 Å². The van der Waals surface area contributed by atoms with Crippen LogP contribution in [0.2, 0.25) is 0 Å². The van der Waals surface area contributed by atoms with Crippen molar-refractivity contribution in [3.05, 3.63) is 0 Å². The minimum Gasteiger partial charge on any atom is -0.453 e. The van der Waals surface area contributed by atoms with Gasteiger partial charge in [-0.05, 0) is 7.05 Å². The van der Waals surface area contributed by atoms with E-state index in [1.54, 1.807) is 7.05 Å². The fourth-order valence-corrected chi connectivity index (χ4v) is 0.527. The summed E-state index contributed by atoms with van der Waals surface area (Å²) in [6, 6.07) is 0. The first-order valence-corrected chi connectivity index (χ1v) is 3.16. The molecule has 0 aromatic carbocycles. The topological polar surface area (TPSA) is 41.6 Å². The third-order valence-corrected chi connectivity index (χ3v) is 1.18. The van der Waals surface area contributed by atoms with Crippen LogP contribution in [0, 0.1) is 0 Å². The average Bonchev–Trinajstić information content (AvgIpc) is 1.98. The minimum atomic E-state index is -0.296. The molecule has 0 radical (unpaired) electrons. The van der Waals surface area contributed by atoms with Gasteiger partial charge >= 0.3 is 6.09 Å². The molecule has 0 aromatic rings. The van der Waals surface area contributed by atoms with Gasteiger partial charge in [0.2, 0.25) is 0 Å². The molecule has 0 atom stereocenters. The zero-order chi connectivity index (χ0) is 7.98. The van der Waals surface area contributed by atoms with E-state index in [0.717, 1.165) is 6.54 Å². The SMILES string of the molecule is CNCCN(C)C(=O)OC. The van der Waals surface area contributed by atoms with E-state index in [9.17, 15) is 4.79 Å². The first-order chi connectivity index (χ1) is 4.72. The van der Waals surface area contributed by atoms with Crippen molar-refractivity contribution >= 4 is 6.09 Å². The monoisotopic (exact) mass is 146 g/mol. The smallest absolute Gasteiger partial charge is 0.409 e. The molecule has 4 heteroatoms. The predicted molar refractivity (Wildman–Crippen MR) is 39.0 cm³/mol. The molecule has 60 valence electrons. The molecule has 0 rings (SSSR count). The maximum atomic E-state index is 10.7. The van der Waals surface area contributed by atoms with Crippen LogP contribution >= 0.6 is 0 Å². The van der Waals surface area contributed by atoms with Crippen LogP contribution in [0.5, 0.6) is 0 Å². The van der Waals surface area contributed by atoms with Crippen LogP contribution in [0.1, 0.15) is 0 Å². The summed E-state index contributed by atoms with van der Waals surface area (Å²) in [7, 11) is 4.91. The maximum absolute atomic E-state index is 10.7. The molecule has 0 heterocycles. The number of hydrogen-bond donors (Lipinski definition) is 1. The summed E-state index contributed by atoms with van der Waals surface area (Å²) in [5.41, 5.74) is 0. The molecule has 0 saturated carbocycles. The van der Waals surface area contributed by atoms with Crippen LogP contribution in [0.15, 0.2) is 0 Å². The Balaban J connectivity index is 3.41. The van der Waals surface area contributed by atoms with Crippen molar-refractivity contribution in [2.75, 3.05) is 34.3 Å². The van der Waals surface area contributed by atoms with Crippen molar-refractivity contribution in [2.45, 2.75) is 0 Å². The summed E-state index contributed by atoms with van der Waals surface area (Å²) in [6.07, 6.45) is -0.296. The zero-order valence-corrected chi connectivity index (χ0v) is 6.68. The normalized spacial score (nSPS) is 9.10. The molecule has 1 N–H and O–H groups in total. The molecule has 0 spiro atoms. The Morgan fingerprint density at radius 3 is 2.70 bits per heavy atom. The molecule has 0 unspecified atom stereocenters. The number of methoxy groups -OCH3 is 1. The van der Waals surface area contributed by atoms with Gasteiger partial charge in [0.05, 0.1) is 7.11 Å². The lowest BCUT2D eigenvalue weighted by Crippen LogP contribution is -2.32. The molecule has 4 nitrogen and oxygen atoms in total. The summed E-state index contributed by atoms with van der Waals surface area (Å²) >= 11 is 0. The van der Waals surface area contributed by atoms with Crippen LogP contribution in [-0.2, 0) is 4.74 Å². The van der Waals surface area contributed by atoms with Gasteiger partial charge in [0, 0.05) is 20.1 Å². The summed E-state index contributed by atoms with van der Waals surface area (Å²) in [5.74, 6) is 0. The number of carbonyl (C=O) groups excluding carboxylic acids is 1. The largest absolute Gasteiger partial charge is 0.453 e. The van der Waals surface area contributed by atoms with Crippen molar-refractivity contribution in [3.63, 3.8) is 0 Å². The number of carbonyl (C=O) groups is 1. The maximum Gasteiger partial charge on any atom is 0.409 e. The van der Waals surface area contributed by atoms with Gasteiger partial charge in [0.1, 0.15) is 0 Å². The van der Waals surface area contributed by atoms with E-state index in [1.165, 1.54) is 12.0 Å². The first kappa shape index (κ1) is 9.23. The highest BCUT2D eigenvalue weighted by molar-refractivity contribution is 5.66. The fourth-order valence-electron chi connectivity index (χ4n) is 0.527. The molecule has 0 aliphatic carbocycles. The summed E-state index contributed by atoms with van der Waals surface area (Å²) in [5, 5.41) is 2.93. The number of nitrogens with zero attached hydrogens (tertiary/aromatic N) is 1. The van der Waals surface area contributed by atoms with Crippen LogP contribution in [0.25, 0.3) is 0 Å². The molecule has 1 amide bonds. The lowest BCUT2D eigenvalue weighted by Gasteiger charge is -2.14. The molecular formula is C6H14N2O2. The van der Waals surface area contributed by atoms with Crippen molar-refractivity contribution in [2.24, 2.45) is 0 Å². The van der Waals surface area contributed by atoms with E-state index >= 15 is 0 Å². The Labute approximate surface area is 61.1 Å². The van der Waals surface area contributed by atoms with E-state index < -0.39 is 0 Å². The lowest BCUT2D eigenvalue weighted by atomic mass is 10.6. The number of rotatable bonds is 3. The van der Waals surface area contributed by atoms with Gasteiger partial charge in [-0.1, -0.05) is 0 Å². The van der Waals surface area contributed by atoms with Gasteiger partial charge in [-0.15, -0.1) is 0 Å². The van der Waals surface area contributed by atoms with Gasteiger partial charge < -0.3 is 15.0 Å². The number of ether oxygens (including phenoxy) is 1. The second-order valence-corrected chi connectivity index (χ2v) is 2.00. The summed E-state index contributed by atoms with van der Waals surface area (Å²) in [4.78, 5) is 12.2. The van der Waals surface area contributed by atoms with Crippen molar-refractivity contribution in [3.8, 4) is 0 Å². The standard InChI is InChI=1S/C6H14N2O2/c1-7-4-5-8(2)6(9)10-3/h7H,4-5H2,1-3H3. The zero-order valence-electron chi connectivity index (χ0n) is 6.68. The molecule has 0 aliphatic heterocycles. The molecule has 0 aliphatic rings. The van der Waals surface area contributed by atoms with Gasteiger partial charge in [0.15, 0.2) is 0 Å². The van der Waals surface area contributed by atoms with Gasteiger partial charge in [0.25, 0.3) is 0 Å². The highest BCUT2D eigenvalue weighted by Crippen LogP contribution is 1.85. The van der Waals surface area contributed by atoms with Crippen molar-refractivity contribution < 1.29 is 9.53 Å². The number of nitrogens with one attached hydrogen (secondary N) is 1. The highest BCUT2D eigenvalue weighted by atomic mass is 16.5.